The van der Waals surface area contributed by atoms with Crippen molar-refractivity contribution < 1.29 is 9.66 Å². The fourth-order valence-electron chi connectivity index (χ4n) is 2.82. The molecule has 9 heteroatoms. The van der Waals surface area contributed by atoms with E-state index in [9.17, 15) is 10.1 Å². The summed E-state index contributed by atoms with van der Waals surface area (Å²) in [5.74, 6) is 1.51. The summed E-state index contributed by atoms with van der Waals surface area (Å²) in [4.78, 5) is 10.4. The third-order valence-electron chi connectivity index (χ3n) is 4.42. The van der Waals surface area contributed by atoms with Crippen LogP contribution in [0.15, 0.2) is 59.1 Å². The molecule has 3 aromatic rings. The molecule has 0 aliphatic carbocycles. The largest absolute Gasteiger partial charge is 0.494 e. The molecule has 1 aliphatic rings. The van der Waals surface area contributed by atoms with Gasteiger partial charge >= 0.3 is 0 Å². The maximum Gasteiger partial charge on any atom is 0.269 e. The van der Waals surface area contributed by atoms with Gasteiger partial charge < -0.3 is 4.74 Å². The van der Waals surface area contributed by atoms with E-state index < -0.39 is 4.92 Å². The summed E-state index contributed by atoms with van der Waals surface area (Å²) < 4.78 is 7.53. The summed E-state index contributed by atoms with van der Waals surface area (Å²) >= 11 is 1.44. The number of nitro benzene ring substituents is 1. The Morgan fingerprint density at radius 2 is 1.83 bits per heavy atom. The van der Waals surface area contributed by atoms with Crippen molar-refractivity contribution in [1.29, 1.82) is 0 Å². The van der Waals surface area contributed by atoms with E-state index in [1.807, 2.05) is 34.3 Å². The van der Waals surface area contributed by atoms with E-state index in [4.69, 9.17) is 4.74 Å². The van der Waals surface area contributed by atoms with Gasteiger partial charge in [-0.1, -0.05) is 25.1 Å². The van der Waals surface area contributed by atoms with Crippen LogP contribution in [0, 0.1) is 10.1 Å². The maximum atomic E-state index is 10.9. The van der Waals surface area contributed by atoms with Crippen LogP contribution >= 0.6 is 11.8 Å². The van der Waals surface area contributed by atoms with Crippen molar-refractivity contribution in [2.24, 2.45) is 0 Å². The third-order valence-corrected chi connectivity index (χ3v) is 5.24. The molecule has 2 heterocycles. The van der Waals surface area contributed by atoms with E-state index in [2.05, 4.69) is 22.5 Å². The molecule has 0 bridgehead atoms. The lowest BCUT2D eigenvalue weighted by Crippen LogP contribution is -2.18. The molecule has 8 nitrogen and oxygen atoms in total. The number of nitrogens with zero attached hydrogens (tertiary/aromatic N) is 4. The Morgan fingerprint density at radius 3 is 2.52 bits per heavy atom. The van der Waals surface area contributed by atoms with Gasteiger partial charge in [-0.05, 0) is 42.8 Å². The van der Waals surface area contributed by atoms with Crippen molar-refractivity contribution in [2.45, 2.75) is 24.9 Å². The van der Waals surface area contributed by atoms with Gasteiger partial charge in [0.15, 0.2) is 5.82 Å². The molecule has 29 heavy (non-hydrogen) atoms. The fraction of sp³-hybridized carbons (Fsp3) is 0.200. The Hall–Kier alpha value is -3.33. The number of aromatic nitrogens is 3. The van der Waals surface area contributed by atoms with Crippen LogP contribution in [-0.2, 0) is 0 Å². The van der Waals surface area contributed by atoms with Crippen LogP contribution in [0.2, 0.25) is 0 Å². The van der Waals surface area contributed by atoms with E-state index in [-0.39, 0.29) is 5.69 Å². The summed E-state index contributed by atoms with van der Waals surface area (Å²) in [6, 6.07) is 14.2. The molecule has 0 radical (unpaired) electrons. The number of fused-ring (bicyclic) bond motifs is 1. The lowest BCUT2D eigenvalue weighted by atomic mass is 10.1. The Kier molecular flexibility index (Phi) is 5.48. The highest BCUT2D eigenvalue weighted by molar-refractivity contribution is 8.02. The van der Waals surface area contributed by atoms with Crippen molar-refractivity contribution in [3.05, 3.63) is 69.6 Å². The van der Waals surface area contributed by atoms with Crippen LogP contribution in [0.1, 0.15) is 25.3 Å². The average molecular weight is 409 g/mol. The predicted octanol–water partition coefficient (Wildman–Crippen LogP) is 4.68. The molecule has 0 atom stereocenters. The number of benzene rings is 2. The first-order valence-corrected chi connectivity index (χ1v) is 10.1. The molecule has 1 aromatic heterocycles. The fourth-order valence-corrected chi connectivity index (χ4v) is 3.56. The number of hydrogen-bond donors (Lipinski definition) is 1. The van der Waals surface area contributed by atoms with Gasteiger partial charge in [-0.3, -0.25) is 15.5 Å². The van der Waals surface area contributed by atoms with Crippen LogP contribution < -0.4 is 10.2 Å². The minimum Gasteiger partial charge on any atom is -0.494 e. The van der Waals surface area contributed by atoms with Crippen LogP contribution in [0.5, 0.6) is 5.75 Å². The molecule has 4 rings (SSSR count). The predicted molar refractivity (Wildman–Crippen MR) is 112 cm³/mol. The molecular formula is C20H19N5O3S. The highest BCUT2D eigenvalue weighted by Gasteiger charge is 2.20. The second-order valence-electron chi connectivity index (χ2n) is 6.43. The molecule has 2 aromatic carbocycles. The SMILES string of the molecule is CCCCOc1ccc(-c2nnc3n2NC(c2ccc([N+](=O)[O-])cc2)=CS3)cc1. The number of unbranched alkanes of at least 4 members (excludes halogenated alkanes) is 1. The lowest BCUT2D eigenvalue weighted by Gasteiger charge is -2.19. The second kappa shape index (κ2) is 8.36. The first kappa shape index (κ1) is 19.0. The molecule has 0 amide bonds. The number of non-ortho nitro benzene ring substituents is 1. The Morgan fingerprint density at radius 1 is 1.10 bits per heavy atom. The highest BCUT2D eigenvalue weighted by Crippen LogP contribution is 2.32. The quantitative estimate of drug-likeness (QED) is 0.344. The maximum absolute atomic E-state index is 10.9. The Labute approximate surface area is 171 Å². The van der Waals surface area contributed by atoms with Crippen LogP contribution in [0.4, 0.5) is 5.69 Å². The number of nitro groups is 1. The summed E-state index contributed by atoms with van der Waals surface area (Å²) in [6.07, 6.45) is 2.12. The summed E-state index contributed by atoms with van der Waals surface area (Å²) in [7, 11) is 0. The van der Waals surface area contributed by atoms with Gasteiger partial charge in [0.25, 0.3) is 5.69 Å². The summed E-state index contributed by atoms with van der Waals surface area (Å²) in [5.41, 5.74) is 5.92. The average Bonchev–Trinajstić information content (AvgIpc) is 3.18. The number of thioether (sulfide) groups is 1. The molecule has 0 unspecified atom stereocenters. The third kappa shape index (κ3) is 4.09. The first-order valence-electron chi connectivity index (χ1n) is 9.23. The van der Waals surface area contributed by atoms with Crippen LogP contribution in [0.25, 0.3) is 17.1 Å². The van der Waals surface area contributed by atoms with Crippen molar-refractivity contribution in [3.63, 3.8) is 0 Å². The number of nitrogens with one attached hydrogen (secondary N) is 1. The van der Waals surface area contributed by atoms with E-state index >= 15 is 0 Å². The lowest BCUT2D eigenvalue weighted by molar-refractivity contribution is -0.384. The Bertz CT molecular complexity index is 1040. The van der Waals surface area contributed by atoms with Gasteiger partial charge in [-0.15, -0.1) is 10.2 Å². The molecule has 0 fully saturated rings. The van der Waals surface area contributed by atoms with Gasteiger partial charge in [0.05, 0.1) is 17.2 Å². The highest BCUT2D eigenvalue weighted by atomic mass is 32.2. The normalized spacial score (nSPS) is 12.7. The smallest absolute Gasteiger partial charge is 0.269 e. The standard InChI is InChI=1S/C20H19N5O3S/c1-2-3-12-28-17-10-6-15(7-11-17)19-21-22-20-24(19)23-18(13-29-20)14-4-8-16(9-5-14)25(26)27/h4-11,13,23H,2-3,12H2,1H3. The van der Waals surface area contributed by atoms with Gasteiger partial charge in [-0.2, -0.15) is 0 Å². The monoisotopic (exact) mass is 409 g/mol. The second-order valence-corrected chi connectivity index (χ2v) is 7.27. The van der Waals surface area contributed by atoms with Crippen molar-refractivity contribution in [1.82, 2.24) is 14.9 Å². The summed E-state index contributed by atoms with van der Waals surface area (Å²) in [6.45, 7) is 2.84. The number of hydrogen-bond acceptors (Lipinski definition) is 7. The zero-order valence-corrected chi connectivity index (χ0v) is 16.6. The molecule has 0 saturated heterocycles. The van der Waals surface area contributed by atoms with Crippen molar-refractivity contribution >= 4 is 23.1 Å². The van der Waals surface area contributed by atoms with Gasteiger partial charge in [-0.25, -0.2) is 4.68 Å². The van der Waals surface area contributed by atoms with Crippen LogP contribution in [0.3, 0.4) is 0 Å². The van der Waals surface area contributed by atoms with Gasteiger partial charge in [0.2, 0.25) is 5.16 Å². The zero-order chi connectivity index (χ0) is 20.2. The minimum absolute atomic E-state index is 0.0599. The first-order chi connectivity index (χ1) is 14.2. The van der Waals surface area contributed by atoms with E-state index in [0.717, 1.165) is 35.4 Å². The van der Waals surface area contributed by atoms with E-state index in [1.54, 1.807) is 12.1 Å². The zero-order valence-electron chi connectivity index (χ0n) is 15.7. The number of ether oxygens (including phenoxy) is 1. The summed E-state index contributed by atoms with van der Waals surface area (Å²) in [5, 5.41) is 22.0. The molecule has 1 aliphatic heterocycles. The topological polar surface area (TPSA) is 95.1 Å². The molecule has 0 spiro atoms. The van der Waals surface area contributed by atoms with E-state index in [1.165, 1.54) is 23.9 Å². The van der Waals surface area contributed by atoms with Crippen molar-refractivity contribution in [3.8, 4) is 17.1 Å². The molecule has 1 N–H and O–H groups in total. The Balaban J connectivity index is 1.53. The van der Waals surface area contributed by atoms with E-state index in [0.29, 0.717) is 17.6 Å². The number of rotatable bonds is 7. The molecule has 148 valence electrons. The van der Waals surface area contributed by atoms with Crippen LogP contribution in [-0.4, -0.2) is 26.4 Å². The van der Waals surface area contributed by atoms with Gasteiger partial charge in [0.1, 0.15) is 5.75 Å². The minimum atomic E-state index is -0.410. The molecule has 0 saturated carbocycles. The van der Waals surface area contributed by atoms with Crippen molar-refractivity contribution in [2.75, 3.05) is 12.0 Å². The van der Waals surface area contributed by atoms with Gasteiger partial charge in [0, 0.05) is 28.7 Å². The molecular weight excluding hydrogens is 390 g/mol.